The van der Waals surface area contributed by atoms with Crippen LogP contribution >= 0.6 is 34.5 Å². The Labute approximate surface area is 134 Å². The van der Waals surface area contributed by atoms with E-state index >= 15 is 0 Å². The lowest BCUT2D eigenvalue weighted by atomic mass is 10.2. The Bertz CT molecular complexity index is 820. The largest absolute Gasteiger partial charge is 0.454 e. The van der Waals surface area contributed by atoms with E-state index in [-0.39, 0.29) is 31.7 Å². The number of nitrogens with one attached hydrogen (secondary N) is 1. The molecule has 0 atom stereocenters. The molecule has 1 aromatic carbocycles. The van der Waals surface area contributed by atoms with Gasteiger partial charge in [-0.3, -0.25) is 4.72 Å². The summed E-state index contributed by atoms with van der Waals surface area (Å²) in [5.74, 6) is 0.878. The minimum Gasteiger partial charge on any atom is -0.454 e. The summed E-state index contributed by atoms with van der Waals surface area (Å²) < 4.78 is 37.7. The lowest BCUT2D eigenvalue weighted by Crippen LogP contribution is -2.13. The number of hydrogen-bond acceptors (Lipinski definition) is 6. The Morgan fingerprint density at radius 3 is 2.48 bits per heavy atom. The zero-order valence-electron chi connectivity index (χ0n) is 10.2. The van der Waals surface area contributed by atoms with Crippen molar-refractivity contribution in [3.63, 3.8) is 0 Å². The van der Waals surface area contributed by atoms with Gasteiger partial charge in [-0.2, -0.15) is 0 Å². The van der Waals surface area contributed by atoms with Crippen LogP contribution in [0.2, 0.25) is 8.67 Å². The maximum Gasteiger partial charge on any atom is 0.264 e. The molecule has 112 valence electrons. The molecule has 0 aliphatic carbocycles. The van der Waals surface area contributed by atoms with Crippen molar-refractivity contribution in [2.45, 2.75) is 4.90 Å². The number of benzene rings is 1. The average molecular weight is 367 g/mol. The molecular weight excluding hydrogens is 359 g/mol. The predicted octanol–water partition coefficient (Wildman–Crippen LogP) is 3.17. The Morgan fingerprint density at radius 1 is 1.19 bits per heavy atom. The number of nitrogen functional groups attached to an aromatic ring is 1. The van der Waals surface area contributed by atoms with Crippen LogP contribution in [-0.4, -0.2) is 15.2 Å². The van der Waals surface area contributed by atoms with Crippen LogP contribution in [0.3, 0.4) is 0 Å². The summed E-state index contributed by atoms with van der Waals surface area (Å²) in [4.78, 5) is -0.101. The molecule has 21 heavy (non-hydrogen) atoms. The van der Waals surface area contributed by atoms with Gasteiger partial charge in [0, 0.05) is 12.1 Å². The molecule has 1 aliphatic heterocycles. The monoisotopic (exact) mass is 366 g/mol. The second kappa shape index (κ2) is 5.13. The normalized spacial score (nSPS) is 13.4. The first-order valence-corrected chi connectivity index (χ1v) is 8.59. The van der Waals surface area contributed by atoms with Gasteiger partial charge in [-0.25, -0.2) is 8.42 Å². The molecule has 3 N–H and O–H groups in total. The quantitative estimate of drug-likeness (QED) is 0.814. The predicted molar refractivity (Wildman–Crippen MR) is 82.1 cm³/mol. The third-order valence-electron chi connectivity index (χ3n) is 2.70. The topological polar surface area (TPSA) is 90.7 Å². The van der Waals surface area contributed by atoms with Gasteiger partial charge >= 0.3 is 0 Å². The van der Waals surface area contributed by atoms with E-state index in [4.69, 9.17) is 38.4 Å². The molecule has 1 aliphatic rings. The maximum atomic E-state index is 12.3. The molecular formula is C11H8Cl2N2O4S2. The van der Waals surface area contributed by atoms with Crippen LogP contribution in [0.25, 0.3) is 0 Å². The Hall–Kier alpha value is -1.35. The summed E-state index contributed by atoms with van der Waals surface area (Å²) in [6.45, 7) is 0.0664. The molecule has 0 saturated carbocycles. The number of nitrogens with two attached hydrogens (primary N) is 1. The molecule has 0 bridgehead atoms. The Balaban J connectivity index is 1.98. The van der Waals surface area contributed by atoms with Gasteiger partial charge in [0.2, 0.25) is 6.79 Å². The highest BCUT2D eigenvalue weighted by Gasteiger charge is 2.24. The first-order valence-electron chi connectivity index (χ1n) is 5.53. The SMILES string of the molecule is Nc1cc2c(cc1NS(=O)(=O)c1cc(Cl)sc1Cl)OCO2. The van der Waals surface area contributed by atoms with Crippen molar-refractivity contribution in [2.75, 3.05) is 17.2 Å². The van der Waals surface area contributed by atoms with Crippen molar-refractivity contribution in [1.82, 2.24) is 0 Å². The Kier molecular flexibility index (Phi) is 3.56. The van der Waals surface area contributed by atoms with E-state index in [0.717, 1.165) is 11.3 Å². The van der Waals surface area contributed by atoms with Crippen LogP contribution in [-0.2, 0) is 10.0 Å². The van der Waals surface area contributed by atoms with Gasteiger partial charge in [-0.1, -0.05) is 23.2 Å². The lowest BCUT2D eigenvalue weighted by molar-refractivity contribution is 0.174. The van der Waals surface area contributed by atoms with Crippen molar-refractivity contribution in [2.24, 2.45) is 0 Å². The van der Waals surface area contributed by atoms with Gasteiger partial charge in [0.1, 0.15) is 9.23 Å². The maximum absolute atomic E-state index is 12.3. The molecule has 10 heteroatoms. The highest BCUT2D eigenvalue weighted by molar-refractivity contribution is 7.93. The second-order valence-corrected chi connectivity index (χ2v) is 8.02. The van der Waals surface area contributed by atoms with Crippen molar-refractivity contribution in [1.29, 1.82) is 0 Å². The smallest absolute Gasteiger partial charge is 0.264 e. The number of fused-ring (bicyclic) bond motifs is 1. The van der Waals surface area contributed by atoms with Crippen LogP contribution in [0.15, 0.2) is 23.1 Å². The molecule has 2 aromatic rings. The highest BCUT2D eigenvalue weighted by atomic mass is 35.5. The van der Waals surface area contributed by atoms with Crippen molar-refractivity contribution < 1.29 is 17.9 Å². The Morgan fingerprint density at radius 2 is 1.86 bits per heavy atom. The van der Waals surface area contributed by atoms with Crippen molar-refractivity contribution in [3.8, 4) is 11.5 Å². The summed E-state index contributed by atoms with van der Waals surface area (Å²) in [5.41, 5.74) is 6.19. The summed E-state index contributed by atoms with van der Waals surface area (Å²) in [6.07, 6.45) is 0. The van der Waals surface area contributed by atoms with Crippen LogP contribution in [0, 0.1) is 0 Å². The number of ether oxygens (including phenoxy) is 2. The summed E-state index contributed by atoms with van der Waals surface area (Å²) in [7, 11) is -3.90. The third kappa shape index (κ3) is 2.71. The van der Waals surface area contributed by atoms with Crippen molar-refractivity contribution in [3.05, 3.63) is 26.9 Å². The summed E-state index contributed by atoms with van der Waals surface area (Å²) in [5, 5.41) is 0. The van der Waals surface area contributed by atoms with Crippen LogP contribution in [0.1, 0.15) is 0 Å². The minimum atomic E-state index is -3.90. The van der Waals surface area contributed by atoms with E-state index in [1.54, 1.807) is 0 Å². The second-order valence-electron chi connectivity index (χ2n) is 4.09. The summed E-state index contributed by atoms with van der Waals surface area (Å²) in [6, 6.07) is 4.22. The fraction of sp³-hybridized carbons (Fsp3) is 0.0909. The minimum absolute atomic E-state index is 0.0664. The van der Waals surface area contributed by atoms with E-state index in [1.807, 2.05) is 0 Å². The first-order chi connectivity index (χ1) is 9.87. The molecule has 2 heterocycles. The molecule has 0 radical (unpaired) electrons. The van der Waals surface area contributed by atoms with Crippen LogP contribution < -0.4 is 19.9 Å². The van der Waals surface area contributed by atoms with E-state index in [1.165, 1.54) is 18.2 Å². The highest BCUT2D eigenvalue weighted by Crippen LogP contribution is 2.40. The van der Waals surface area contributed by atoms with Crippen molar-refractivity contribution >= 4 is 55.9 Å². The van der Waals surface area contributed by atoms with E-state index in [2.05, 4.69) is 4.72 Å². The zero-order valence-corrected chi connectivity index (χ0v) is 13.4. The number of rotatable bonds is 3. The zero-order chi connectivity index (χ0) is 15.2. The van der Waals surface area contributed by atoms with Gasteiger partial charge in [0.25, 0.3) is 10.0 Å². The van der Waals surface area contributed by atoms with E-state index in [0.29, 0.717) is 11.5 Å². The number of sulfonamides is 1. The van der Waals surface area contributed by atoms with Gasteiger partial charge < -0.3 is 15.2 Å². The van der Waals surface area contributed by atoms with Gasteiger partial charge in [0.05, 0.1) is 15.7 Å². The molecule has 0 unspecified atom stereocenters. The molecule has 0 spiro atoms. The van der Waals surface area contributed by atoms with Crippen LogP contribution in [0.4, 0.5) is 11.4 Å². The van der Waals surface area contributed by atoms with Gasteiger partial charge in [0.15, 0.2) is 11.5 Å². The molecule has 0 fully saturated rings. The number of thiophene rings is 1. The van der Waals surface area contributed by atoms with E-state index < -0.39 is 10.0 Å². The summed E-state index contributed by atoms with van der Waals surface area (Å²) >= 11 is 12.6. The molecule has 3 rings (SSSR count). The van der Waals surface area contributed by atoms with Gasteiger partial charge in [-0.05, 0) is 6.07 Å². The fourth-order valence-electron chi connectivity index (χ4n) is 1.75. The molecule has 1 aromatic heterocycles. The number of hydrogen-bond donors (Lipinski definition) is 2. The molecule has 0 amide bonds. The first kappa shape index (κ1) is 14.6. The van der Waals surface area contributed by atoms with Crippen LogP contribution in [0.5, 0.6) is 11.5 Å². The standard InChI is InChI=1S/C11H8Cl2N2O4S2/c12-10-3-9(11(13)20-10)21(16,17)15-6-2-8-7(1-5(6)14)18-4-19-8/h1-3,15H,4,14H2. The fourth-order valence-corrected chi connectivity index (χ4v) is 4.98. The number of halogens is 2. The van der Waals surface area contributed by atoms with Gasteiger partial charge in [-0.15, -0.1) is 11.3 Å². The molecule has 6 nitrogen and oxygen atoms in total. The van der Waals surface area contributed by atoms with E-state index in [9.17, 15) is 8.42 Å². The third-order valence-corrected chi connectivity index (χ3v) is 5.82. The lowest BCUT2D eigenvalue weighted by Gasteiger charge is -2.10. The average Bonchev–Trinajstić information content (AvgIpc) is 2.95. The number of anilines is 2. The molecule has 0 saturated heterocycles.